The molecule has 0 saturated carbocycles. The lowest BCUT2D eigenvalue weighted by molar-refractivity contribution is 0.0804. The third-order valence-electron chi connectivity index (χ3n) is 6.24. The Labute approximate surface area is 164 Å². The van der Waals surface area contributed by atoms with Gasteiger partial charge in [0.2, 0.25) is 0 Å². The predicted octanol–water partition coefficient (Wildman–Crippen LogP) is 3.31. The van der Waals surface area contributed by atoms with Crippen molar-refractivity contribution in [2.24, 2.45) is 0 Å². The molecule has 1 amide bonds. The first kappa shape index (κ1) is 19.1. The van der Waals surface area contributed by atoms with Gasteiger partial charge in [-0.1, -0.05) is 12.1 Å². The average molecular weight is 387 g/mol. The molecule has 7 heteroatoms. The molecule has 3 heterocycles. The fourth-order valence-corrected chi connectivity index (χ4v) is 4.82. The Hall–Kier alpha value is -2.28. The van der Waals surface area contributed by atoms with Gasteiger partial charge in [0.1, 0.15) is 0 Å². The zero-order valence-electron chi connectivity index (χ0n) is 16.5. The number of aromatic amines is 1. The lowest BCUT2D eigenvalue weighted by Crippen LogP contribution is -2.46. The fraction of sp³-hybridized carbons (Fsp3) is 0.619. The van der Waals surface area contributed by atoms with Crippen LogP contribution in [0, 0.1) is 0 Å². The van der Waals surface area contributed by atoms with Crippen LogP contribution in [0.4, 0.5) is 4.79 Å². The first-order valence-corrected chi connectivity index (χ1v) is 10.3. The lowest BCUT2D eigenvalue weighted by Gasteiger charge is -2.37. The number of hydrogen-bond donors (Lipinski definition) is 1. The Kier molecular flexibility index (Phi) is 5.71. The molecule has 1 aromatic heterocycles. The van der Waals surface area contributed by atoms with Crippen LogP contribution in [-0.4, -0.2) is 60.2 Å². The summed E-state index contributed by atoms with van der Waals surface area (Å²) in [7, 11) is 1.46. The van der Waals surface area contributed by atoms with Crippen molar-refractivity contribution < 1.29 is 13.9 Å². The van der Waals surface area contributed by atoms with E-state index in [9.17, 15) is 9.59 Å². The molecule has 0 spiro atoms. The molecule has 152 valence electrons. The van der Waals surface area contributed by atoms with Crippen LogP contribution in [0.25, 0.3) is 11.1 Å². The van der Waals surface area contributed by atoms with Gasteiger partial charge in [-0.2, -0.15) is 0 Å². The molecule has 0 radical (unpaired) electrons. The molecular formula is C21H29N3O4. The minimum atomic E-state index is -0.393. The van der Waals surface area contributed by atoms with Gasteiger partial charge < -0.3 is 19.0 Å². The zero-order valence-corrected chi connectivity index (χ0v) is 16.5. The van der Waals surface area contributed by atoms with E-state index in [0.29, 0.717) is 11.5 Å². The van der Waals surface area contributed by atoms with Gasteiger partial charge in [0.25, 0.3) is 0 Å². The van der Waals surface area contributed by atoms with E-state index in [4.69, 9.17) is 9.15 Å². The van der Waals surface area contributed by atoms with Crippen LogP contribution >= 0.6 is 0 Å². The number of nitrogens with zero attached hydrogens (tertiary/aromatic N) is 2. The summed E-state index contributed by atoms with van der Waals surface area (Å²) in [6.07, 6.45) is 6.29. The van der Waals surface area contributed by atoms with E-state index < -0.39 is 5.76 Å². The number of aromatic nitrogens is 1. The Morgan fingerprint density at radius 3 is 3.00 bits per heavy atom. The minimum absolute atomic E-state index is 0.199. The first-order chi connectivity index (χ1) is 13.7. The molecule has 0 bridgehead atoms. The summed E-state index contributed by atoms with van der Waals surface area (Å²) in [5.41, 5.74) is 2.59. The largest absolute Gasteiger partial charge is 0.453 e. The molecule has 2 unspecified atom stereocenters. The highest BCUT2D eigenvalue weighted by molar-refractivity contribution is 5.76. The maximum Gasteiger partial charge on any atom is 0.417 e. The second-order valence-electron chi connectivity index (χ2n) is 7.98. The van der Waals surface area contributed by atoms with Crippen LogP contribution in [0.15, 0.2) is 27.4 Å². The molecule has 2 aromatic rings. The third-order valence-corrected chi connectivity index (χ3v) is 6.24. The van der Waals surface area contributed by atoms with Gasteiger partial charge in [0, 0.05) is 37.2 Å². The van der Waals surface area contributed by atoms with E-state index in [2.05, 4.69) is 16.0 Å². The number of ether oxygens (including phenoxy) is 1. The number of para-hydroxylation sites is 1. The molecule has 7 nitrogen and oxygen atoms in total. The normalized spacial score (nSPS) is 23.8. The Bertz CT molecular complexity index is 874. The molecule has 2 fully saturated rings. The van der Waals surface area contributed by atoms with Crippen LogP contribution in [0.3, 0.4) is 0 Å². The van der Waals surface area contributed by atoms with Crippen LogP contribution in [0.2, 0.25) is 0 Å². The Balaban J connectivity index is 1.41. The van der Waals surface area contributed by atoms with Crippen LogP contribution < -0.4 is 5.76 Å². The number of amides is 1. The number of fused-ring (bicyclic) bond motifs is 1. The summed E-state index contributed by atoms with van der Waals surface area (Å²) in [6, 6.07) is 6.22. The van der Waals surface area contributed by atoms with Crippen molar-refractivity contribution >= 4 is 17.2 Å². The van der Waals surface area contributed by atoms with E-state index in [-0.39, 0.29) is 12.1 Å². The topological polar surface area (TPSA) is 78.8 Å². The SMILES string of the molecule is COC(=O)N1CCCCC1CCN1CCCC(c2cccc3[nH]c(=O)oc23)C1. The highest BCUT2D eigenvalue weighted by Crippen LogP contribution is 2.32. The van der Waals surface area contributed by atoms with Crippen LogP contribution in [0.5, 0.6) is 0 Å². The smallest absolute Gasteiger partial charge is 0.417 e. The number of carbonyl (C=O) groups is 1. The number of carbonyl (C=O) groups excluding carboxylic acids is 1. The molecule has 1 N–H and O–H groups in total. The predicted molar refractivity (Wildman–Crippen MR) is 107 cm³/mol. The van der Waals surface area contributed by atoms with Gasteiger partial charge in [-0.15, -0.1) is 0 Å². The van der Waals surface area contributed by atoms with Crippen LogP contribution in [-0.2, 0) is 4.74 Å². The molecule has 2 saturated heterocycles. The summed E-state index contributed by atoms with van der Waals surface area (Å²) < 4.78 is 10.4. The van der Waals surface area contributed by atoms with Crippen molar-refractivity contribution in [3.8, 4) is 0 Å². The van der Waals surface area contributed by atoms with Crippen molar-refractivity contribution in [1.82, 2.24) is 14.8 Å². The number of nitrogens with one attached hydrogen (secondary N) is 1. The number of rotatable bonds is 4. The molecule has 2 aliphatic rings. The quantitative estimate of drug-likeness (QED) is 0.871. The van der Waals surface area contributed by atoms with E-state index in [0.717, 1.165) is 69.4 Å². The summed E-state index contributed by atoms with van der Waals surface area (Å²) in [6.45, 7) is 3.81. The lowest BCUT2D eigenvalue weighted by atomic mass is 9.89. The number of piperidine rings is 2. The van der Waals surface area contributed by atoms with E-state index in [1.807, 2.05) is 17.0 Å². The van der Waals surface area contributed by atoms with Crippen molar-refractivity contribution in [2.75, 3.05) is 33.3 Å². The van der Waals surface area contributed by atoms with Crippen LogP contribution in [0.1, 0.15) is 50.0 Å². The number of hydrogen-bond acceptors (Lipinski definition) is 5. The number of benzene rings is 1. The molecule has 0 aliphatic carbocycles. The Morgan fingerprint density at radius 2 is 2.14 bits per heavy atom. The number of H-pyrrole nitrogens is 1. The van der Waals surface area contributed by atoms with Gasteiger partial charge in [-0.05, 0) is 51.1 Å². The maximum atomic E-state index is 12.0. The molecule has 2 aliphatic heterocycles. The van der Waals surface area contributed by atoms with Gasteiger partial charge >= 0.3 is 11.8 Å². The van der Waals surface area contributed by atoms with E-state index in [1.165, 1.54) is 13.5 Å². The van der Waals surface area contributed by atoms with Gasteiger partial charge in [-0.3, -0.25) is 4.98 Å². The second-order valence-corrected chi connectivity index (χ2v) is 7.98. The van der Waals surface area contributed by atoms with Gasteiger partial charge in [-0.25, -0.2) is 9.59 Å². The number of likely N-dealkylation sites (tertiary alicyclic amines) is 2. The molecular weight excluding hydrogens is 358 g/mol. The highest BCUT2D eigenvalue weighted by Gasteiger charge is 2.29. The standard InChI is InChI=1S/C21H29N3O4/c1-27-21(26)24-12-3-2-7-16(24)10-13-23-11-5-6-15(14-23)17-8-4-9-18-19(17)28-20(25)22-18/h4,8-9,15-16H,2-3,5-7,10-14H2,1H3,(H,22,25). The monoisotopic (exact) mass is 387 g/mol. The fourth-order valence-electron chi connectivity index (χ4n) is 4.82. The van der Waals surface area contributed by atoms with E-state index >= 15 is 0 Å². The van der Waals surface area contributed by atoms with Crippen molar-refractivity contribution in [2.45, 2.75) is 50.5 Å². The summed E-state index contributed by atoms with van der Waals surface area (Å²) >= 11 is 0. The zero-order chi connectivity index (χ0) is 19.5. The highest BCUT2D eigenvalue weighted by atomic mass is 16.5. The Morgan fingerprint density at radius 1 is 1.25 bits per heavy atom. The number of methoxy groups -OCH3 is 1. The summed E-state index contributed by atoms with van der Waals surface area (Å²) in [5.74, 6) is -0.0326. The van der Waals surface area contributed by atoms with Crippen molar-refractivity contribution in [3.63, 3.8) is 0 Å². The molecule has 2 atom stereocenters. The van der Waals surface area contributed by atoms with Crippen molar-refractivity contribution in [3.05, 3.63) is 34.3 Å². The van der Waals surface area contributed by atoms with Gasteiger partial charge in [0.05, 0.1) is 12.6 Å². The van der Waals surface area contributed by atoms with Gasteiger partial charge in [0.15, 0.2) is 5.58 Å². The first-order valence-electron chi connectivity index (χ1n) is 10.3. The third kappa shape index (κ3) is 3.94. The van der Waals surface area contributed by atoms with E-state index in [1.54, 1.807) is 0 Å². The molecule has 28 heavy (non-hydrogen) atoms. The molecule has 4 rings (SSSR count). The minimum Gasteiger partial charge on any atom is -0.453 e. The second kappa shape index (κ2) is 8.39. The molecule has 1 aromatic carbocycles. The van der Waals surface area contributed by atoms with Crippen molar-refractivity contribution in [1.29, 1.82) is 0 Å². The maximum absolute atomic E-state index is 12.0. The summed E-state index contributed by atoms with van der Waals surface area (Å²) in [4.78, 5) is 30.8. The average Bonchev–Trinajstić information content (AvgIpc) is 3.12. The summed E-state index contributed by atoms with van der Waals surface area (Å²) in [5, 5.41) is 0. The number of oxazole rings is 1.